The fourth-order valence-corrected chi connectivity index (χ4v) is 1.38. The number of pyridine rings is 1. The molecule has 0 aliphatic carbocycles. The minimum Gasteiger partial charge on any atom is -0.473 e. The third-order valence-electron chi connectivity index (χ3n) is 2.16. The van der Waals surface area contributed by atoms with Crippen molar-refractivity contribution >= 4 is 5.69 Å². The lowest BCUT2D eigenvalue weighted by Crippen LogP contribution is -2.25. The van der Waals surface area contributed by atoms with Crippen LogP contribution < -0.4 is 10.1 Å². The summed E-state index contributed by atoms with van der Waals surface area (Å²) in [5, 5.41) is 12.8. The van der Waals surface area contributed by atoms with Crippen molar-refractivity contribution in [3.8, 4) is 5.88 Å². The Hall–Kier alpha value is -1.33. The Morgan fingerprint density at radius 3 is 2.89 bits per heavy atom. The van der Waals surface area contributed by atoms with Gasteiger partial charge in [0.05, 0.1) is 24.5 Å². The Morgan fingerprint density at radius 2 is 2.22 bits per heavy atom. The molecule has 1 aromatic rings. The number of aromatic nitrogens is 1. The molecule has 5 nitrogen and oxygen atoms in total. The average Bonchev–Trinajstić information content (AvgIpc) is 2.34. The molecule has 1 atom stereocenters. The van der Waals surface area contributed by atoms with Crippen molar-refractivity contribution in [2.45, 2.75) is 33.0 Å². The van der Waals surface area contributed by atoms with E-state index < -0.39 is 6.10 Å². The molecule has 0 radical (unpaired) electrons. The highest BCUT2D eigenvalue weighted by Gasteiger charge is 2.09. The maximum absolute atomic E-state index is 9.67. The molecule has 2 N–H and O–H groups in total. The van der Waals surface area contributed by atoms with Gasteiger partial charge in [-0.25, -0.2) is 4.98 Å². The summed E-state index contributed by atoms with van der Waals surface area (Å²) in [6.07, 6.45) is 1.20. The molecule has 102 valence electrons. The smallest absolute Gasteiger partial charge is 0.237 e. The SMILES string of the molecule is CCOCC(O)CNc1cccnc1OC(C)C. The van der Waals surface area contributed by atoms with Gasteiger partial charge in [0.1, 0.15) is 0 Å². The fourth-order valence-electron chi connectivity index (χ4n) is 1.38. The van der Waals surface area contributed by atoms with Crippen molar-refractivity contribution < 1.29 is 14.6 Å². The van der Waals surface area contributed by atoms with Crippen molar-refractivity contribution in [2.24, 2.45) is 0 Å². The van der Waals surface area contributed by atoms with E-state index in [1.807, 2.05) is 32.9 Å². The largest absolute Gasteiger partial charge is 0.473 e. The number of nitrogens with one attached hydrogen (secondary N) is 1. The van der Waals surface area contributed by atoms with Crippen LogP contribution in [0.4, 0.5) is 5.69 Å². The highest BCUT2D eigenvalue weighted by molar-refractivity contribution is 5.52. The first-order valence-corrected chi connectivity index (χ1v) is 6.24. The van der Waals surface area contributed by atoms with Gasteiger partial charge >= 0.3 is 0 Å². The van der Waals surface area contributed by atoms with Crippen molar-refractivity contribution in [3.63, 3.8) is 0 Å². The Morgan fingerprint density at radius 1 is 1.44 bits per heavy atom. The van der Waals surface area contributed by atoms with Crippen molar-refractivity contribution in [1.82, 2.24) is 4.98 Å². The van der Waals surface area contributed by atoms with Gasteiger partial charge in [-0.3, -0.25) is 0 Å². The molecule has 0 amide bonds. The van der Waals surface area contributed by atoms with E-state index in [1.165, 1.54) is 0 Å². The highest BCUT2D eigenvalue weighted by Crippen LogP contribution is 2.21. The Balaban J connectivity index is 2.50. The number of anilines is 1. The van der Waals surface area contributed by atoms with E-state index in [-0.39, 0.29) is 6.10 Å². The number of hydrogen-bond acceptors (Lipinski definition) is 5. The van der Waals surface area contributed by atoms with Gasteiger partial charge in [-0.2, -0.15) is 0 Å². The zero-order valence-electron chi connectivity index (χ0n) is 11.2. The van der Waals surface area contributed by atoms with Crippen LogP contribution in [0.1, 0.15) is 20.8 Å². The van der Waals surface area contributed by atoms with Gasteiger partial charge in [0.25, 0.3) is 0 Å². The number of aliphatic hydroxyl groups is 1. The van der Waals surface area contributed by atoms with E-state index in [0.717, 1.165) is 5.69 Å². The Kier molecular flexibility index (Phi) is 6.46. The summed E-state index contributed by atoms with van der Waals surface area (Å²) in [7, 11) is 0. The van der Waals surface area contributed by atoms with Crippen LogP contribution >= 0.6 is 0 Å². The molecular weight excluding hydrogens is 232 g/mol. The molecule has 0 aliphatic rings. The summed E-state index contributed by atoms with van der Waals surface area (Å²) in [6.45, 7) is 7.12. The van der Waals surface area contributed by atoms with Crippen LogP contribution in [-0.4, -0.2) is 42.1 Å². The van der Waals surface area contributed by atoms with Crippen molar-refractivity contribution in [2.75, 3.05) is 25.1 Å². The highest BCUT2D eigenvalue weighted by atomic mass is 16.5. The zero-order valence-corrected chi connectivity index (χ0v) is 11.2. The second-order valence-corrected chi connectivity index (χ2v) is 4.22. The Bertz CT molecular complexity index is 345. The molecule has 18 heavy (non-hydrogen) atoms. The molecule has 0 spiro atoms. The van der Waals surface area contributed by atoms with Crippen LogP contribution in [0.15, 0.2) is 18.3 Å². The molecular formula is C13H22N2O3. The standard InChI is InChI=1S/C13H22N2O3/c1-4-17-9-11(16)8-15-12-6-5-7-14-13(12)18-10(2)3/h5-7,10-11,15-16H,4,8-9H2,1-3H3. The van der Waals surface area contributed by atoms with Crippen LogP contribution in [-0.2, 0) is 4.74 Å². The van der Waals surface area contributed by atoms with Crippen LogP contribution in [0.25, 0.3) is 0 Å². The van der Waals surface area contributed by atoms with E-state index in [4.69, 9.17) is 9.47 Å². The molecule has 0 bridgehead atoms. The van der Waals surface area contributed by atoms with Gasteiger partial charge < -0.3 is 19.9 Å². The maximum Gasteiger partial charge on any atom is 0.237 e. The van der Waals surface area contributed by atoms with Gasteiger partial charge in [0.2, 0.25) is 5.88 Å². The van der Waals surface area contributed by atoms with E-state index in [2.05, 4.69) is 10.3 Å². The van der Waals surface area contributed by atoms with Gasteiger partial charge in [-0.1, -0.05) is 0 Å². The summed E-state index contributed by atoms with van der Waals surface area (Å²) in [6, 6.07) is 3.70. The fraction of sp³-hybridized carbons (Fsp3) is 0.615. The van der Waals surface area contributed by atoms with Crippen LogP contribution in [0.2, 0.25) is 0 Å². The number of aliphatic hydroxyl groups excluding tert-OH is 1. The number of nitrogens with zero attached hydrogens (tertiary/aromatic N) is 1. The first-order valence-electron chi connectivity index (χ1n) is 6.24. The van der Waals surface area contributed by atoms with E-state index >= 15 is 0 Å². The van der Waals surface area contributed by atoms with Crippen molar-refractivity contribution in [3.05, 3.63) is 18.3 Å². The van der Waals surface area contributed by atoms with E-state index in [1.54, 1.807) is 6.20 Å². The summed E-state index contributed by atoms with van der Waals surface area (Å²) >= 11 is 0. The van der Waals surface area contributed by atoms with Gasteiger partial charge in [-0.05, 0) is 32.9 Å². The minimum atomic E-state index is -0.544. The Labute approximate surface area is 108 Å². The third-order valence-corrected chi connectivity index (χ3v) is 2.16. The number of hydrogen-bond donors (Lipinski definition) is 2. The second kappa shape index (κ2) is 7.89. The molecule has 0 fully saturated rings. The number of ether oxygens (including phenoxy) is 2. The van der Waals surface area contributed by atoms with E-state index in [0.29, 0.717) is 25.6 Å². The number of rotatable bonds is 8. The van der Waals surface area contributed by atoms with Crippen molar-refractivity contribution in [1.29, 1.82) is 0 Å². The molecule has 0 aromatic carbocycles. The average molecular weight is 254 g/mol. The molecule has 1 unspecified atom stereocenters. The molecule has 5 heteroatoms. The maximum atomic E-state index is 9.67. The first kappa shape index (κ1) is 14.7. The molecule has 0 saturated carbocycles. The summed E-state index contributed by atoms with van der Waals surface area (Å²) in [5.41, 5.74) is 0.779. The van der Waals surface area contributed by atoms with Gasteiger partial charge in [-0.15, -0.1) is 0 Å². The second-order valence-electron chi connectivity index (χ2n) is 4.22. The molecule has 1 rings (SSSR count). The lowest BCUT2D eigenvalue weighted by molar-refractivity contribution is 0.0495. The third kappa shape index (κ3) is 5.33. The van der Waals surface area contributed by atoms with Gasteiger partial charge in [0.15, 0.2) is 0 Å². The minimum absolute atomic E-state index is 0.0637. The summed E-state index contributed by atoms with van der Waals surface area (Å²) < 4.78 is 10.7. The lowest BCUT2D eigenvalue weighted by atomic mass is 10.3. The molecule has 1 heterocycles. The molecule has 1 aromatic heterocycles. The topological polar surface area (TPSA) is 63.6 Å². The van der Waals surface area contributed by atoms with E-state index in [9.17, 15) is 5.11 Å². The predicted octanol–water partition coefficient (Wildman–Crippen LogP) is 1.68. The molecule has 0 saturated heterocycles. The van der Waals surface area contributed by atoms with Gasteiger partial charge in [0, 0.05) is 19.3 Å². The predicted molar refractivity (Wildman–Crippen MR) is 71.0 cm³/mol. The normalized spacial score (nSPS) is 12.5. The van der Waals surface area contributed by atoms with Crippen LogP contribution in [0.5, 0.6) is 5.88 Å². The van der Waals surface area contributed by atoms with Crippen LogP contribution in [0, 0.1) is 0 Å². The monoisotopic (exact) mass is 254 g/mol. The lowest BCUT2D eigenvalue weighted by Gasteiger charge is -2.16. The zero-order chi connectivity index (χ0) is 13.4. The van der Waals surface area contributed by atoms with Crippen LogP contribution in [0.3, 0.4) is 0 Å². The first-order chi connectivity index (χ1) is 8.63. The quantitative estimate of drug-likeness (QED) is 0.739. The molecule has 0 aliphatic heterocycles. The summed E-state index contributed by atoms with van der Waals surface area (Å²) in [5.74, 6) is 0.552. The summed E-state index contributed by atoms with van der Waals surface area (Å²) in [4.78, 5) is 4.16.